The first-order valence-corrected chi connectivity index (χ1v) is 8.01. The van der Waals surface area contributed by atoms with Crippen LogP contribution in [-0.4, -0.2) is 16.0 Å². The standard InChI is InChI=1S/C19H22N2O2/c1-13-7-8-14(17(22)15-6-3-4-11-20-15)12-16(13)21-18(23)19(2)9-5-10-19/h3-4,6-8,11-12,17,22H,5,9-10H2,1-2H3,(H,21,23)/t17-/m1/s1. The number of benzene rings is 1. The molecular weight excluding hydrogens is 288 g/mol. The molecule has 0 aliphatic heterocycles. The van der Waals surface area contributed by atoms with Crippen LogP contribution in [-0.2, 0) is 4.79 Å². The van der Waals surface area contributed by atoms with Gasteiger partial charge in [0, 0.05) is 17.3 Å². The quantitative estimate of drug-likeness (QED) is 0.907. The predicted molar refractivity (Wildman–Crippen MR) is 90.1 cm³/mol. The van der Waals surface area contributed by atoms with E-state index in [-0.39, 0.29) is 11.3 Å². The number of hydrogen-bond acceptors (Lipinski definition) is 3. The molecule has 4 nitrogen and oxygen atoms in total. The smallest absolute Gasteiger partial charge is 0.230 e. The van der Waals surface area contributed by atoms with Gasteiger partial charge >= 0.3 is 0 Å². The van der Waals surface area contributed by atoms with E-state index in [1.54, 1.807) is 12.3 Å². The number of amides is 1. The first-order chi connectivity index (χ1) is 11.0. The molecule has 1 atom stereocenters. The van der Waals surface area contributed by atoms with E-state index in [2.05, 4.69) is 10.3 Å². The van der Waals surface area contributed by atoms with Gasteiger partial charge in [-0.15, -0.1) is 0 Å². The Kier molecular flexibility index (Phi) is 4.18. The van der Waals surface area contributed by atoms with Crippen LogP contribution >= 0.6 is 0 Å². The average molecular weight is 310 g/mol. The van der Waals surface area contributed by atoms with Crippen LogP contribution in [0.25, 0.3) is 0 Å². The van der Waals surface area contributed by atoms with Crippen molar-refractivity contribution < 1.29 is 9.90 Å². The molecule has 1 aromatic carbocycles. The molecule has 1 aliphatic carbocycles. The number of aliphatic hydroxyl groups excluding tert-OH is 1. The molecule has 0 radical (unpaired) electrons. The van der Waals surface area contributed by atoms with Crippen molar-refractivity contribution in [1.29, 1.82) is 0 Å². The summed E-state index contributed by atoms with van der Waals surface area (Å²) in [6, 6.07) is 11.1. The van der Waals surface area contributed by atoms with Crippen molar-refractivity contribution in [3.8, 4) is 0 Å². The first-order valence-electron chi connectivity index (χ1n) is 8.01. The Labute approximate surface area is 136 Å². The van der Waals surface area contributed by atoms with Gasteiger partial charge in [0.2, 0.25) is 5.91 Å². The molecule has 3 rings (SSSR count). The highest BCUT2D eigenvalue weighted by atomic mass is 16.3. The zero-order chi connectivity index (χ0) is 16.4. The maximum Gasteiger partial charge on any atom is 0.230 e. The van der Waals surface area contributed by atoms with E-state index >= 15 is 0 Å². The Morgan fingerprint density at radius 2 is 2.09 bits per heavy atom. The molecule has 2 N–H and O–H groups in total. The molecule has 0 unspecified atom stereocenters. The molecule has 4 heteroatoms. The summed E-state index contributed by atoms with van der Waals surface area (Å²) in [5.74, 6) is 0.0660. The largest absolute Gasteiger partial charge is 0.382 e. The summed E-state index contributed by atoms with van der Waals surface area (Å²) in [6.45, 7) is 3.96. The van der Waals surface area contributed by atoms with Crippen LogP contribution in [0.5, 0.6) is 0 Å². The van der Waals surface area contributed by atoms with Crippen LogP contribution in [0.15, 0.2) is 42.6 Å². The number of hydrogen-bond donors (Lipinski definition) is 2. The van der Waals surface area contributed by atoms with Crippen molar-refractivity contribution in [3.05, 3.63) is 59.4 Å². The number of rotatable bonds is 4. The fourth-order valence-electron chi connectivity index (χ4n) is 2.86. The van der Waals surface area contributed by atoms with Crippen molar-refractivity contribution in [3.63, 3.8) is 0 Å². The Morgan fingerprint density at radius 3 is 2.70 bits per heavy atom. The molecule has 1 saturated carbocycles. The highest BCUT2D eigenvalue weighted by Crippen LogP contribution is 2.41. The van der Waals surface area contributed by atoms with Crippen molar-refractivity contribution in [2.75, 3.05) is 5.32 Å². The molecule has 1 amide bonds. The monoisotopic (exact) mass is 310 g/mol. The normalized spacial score (nSPS) is 17.2. The number of nitrogens with zero attached hydrogens (tertiary/aromatic N) is 1. The van der Waals surface area contributed by atoms with E-state index in [9.17, 15) is 9.90 Å². The summed E-state index contributed by atoms with van der Waals surface area (Å²) in [7, 11) is 0. The van der Waals surface area contributed by atoms with Gasteiger partial charge in [-0.1, -0.05) is 31.5 Å². The summed E-state index contributed by atoms with van der Waals surface area (Å²) >= 11 is 0. The third-order valence-corrected chi connectivity index (χ3v) is 4.80. The molecule has 0 saturated heterocycles. The molecule has 2 aromatic rings. The summed E-state index contributed by atoms with van der Waals surface area (Å²) in [4.78, 5) is 16.6. The van der Waals surface area contributed by atoms with Crippen molar-refractivity contribution in [1.82, 2.24) is 4.98 Å². The number of aromatic nitrogens is 1. The van der Waals surface area contributed by atoms with Gasteiger partial charge in [0.25, 0.3) is 0 Å². The van der Waals surface area contributed by atoms with Crippen molar-refractivity contribution in [2.45, 2.75) is 39.2 Å². The molecular formula is C19H22N2O2. The van der Waals surface area contributed by atoms with Crippen LogP contribution in [0.4, 0.5) is 5.69 Å². The highest BCUT2D eigenvalue weighted by Gasteiger charge is 2.39. The number of pyridine rings is 1. The van der Waals surface area contributed by atoms with Gasteiger partial charge in [-0.25, -0.2) is 0 Å². The molecule has 1 aliphatic rings. The van der Waals surface area contributed by atoms with Gasteiger partial charge in [0.15, 0.2) is 0 Å². The maximum atomic E-state index is 12.4. The van der Waals surface area contributed by atoms with Gasteiger partial charge in [0.1, 0.15) is 6.10 Å². The molecule has 120 valence electrons. The number of carbonyl (C=O) groups is 1. The molecule has 0 spiro atoms. The lowest BCUT2D eigenvalue weighted by Crippen LogP contribution is -2.39. The fraction of sp³-hybridized carbons (Fsp3) is 0.368. The summed E-state index contributed by atoms with van der Waals surface area (Å²) in [5.41, 5.74) is 2.82. The van der Waals surface area contributed by atoms with Gasteiger partial charge in [0.05, 0.1) is 5.69 Å². The molecule has 1 heterocycles. The Balaban J connectivity index is 1.83. The number of aryl methyl sites for hydroxylation is 1. The topological polar surface area (TPSA) is 62.2 Å². The van der Waals surface area contributed by atoms with E-state index < -0.39 is 6.10 Å². The fourth-order valence-corrected chi connectivity index (χ4v) is 2.86. The Morgan fingerprint density at radius 1 is 1.30 bits per heavy atom. The van der Waals surface area contributed by atoms with Gasteiger partial charge in [-0.05, 0) is 49.1 Å². The lowest BCUT2D eigenvalue weighted by atomic mass is 9.70. The van der Waals surface area contributed by atoms with E-state index in [4.69, 9.17) is 0 Å². The second kappa shape index (κ2) is 6.13. The molecule has 1 fully saturated rings. The van der Waals surface area contributed by atoms with E-state index in [0.29, 0.717) is 5.69 Å². The van der Waals surface area contributed by atoms with Crippen LogP contribution < -0.4 is 5.32 Å². The van der Waals surface area contributed by atoms with Crippen LogP contribution in [0, 0.1) is 12.3 Å². The lowest BCUT2D eigenvalue weighted by Gasteiger charge is -2.36. The highest BCUT2D eigenvalue weighted by molar-refractivity contribution is 5.96. The summed E-state index contributed by atoms with van der Waals surface area (Å²) < 4.78 is 0. The summed E-state index contributed by atoms with van der Waals surface area (Å²) in [6.07, 6.45) is 3.85. The first kappa shape index (κ1) is 15.7. The zero-order valence-corrected chi connectivity index (χ0v) is 13.5. The number of nitrogens with one attached hydrogen (secondary N) is 1. The third kappa shape index (κ3) is 3.13. The second-order valence-corrected chi connectivity index (χ2v) is 6.60. The average Bonchev–Trinajstić information content (AvgIpc) is 2.54. The van der Waals surface area contributed by atoms with Gasteiger partial charge < -0.3 is 10.4 Å². The van der Waals surface area contributed by atoms with E-state index in [0.717, 1.165) is 36.1 Å². The van der Waals surface area contributed by atoms with Crippen LogP contribution in [0.1, 0.15) is 49.1 Å². The van der Waals surface area contributed by atoms with Crippen LogP contribution in [0.2, 0.25) is 0 Å². The maximum absolute atomic E-state index is 12.4. The SMILES string of the molecule is Cc1ccc([C@@H](O)c2ccccn2)cc1NC(=O)C1(C)CCC1. The third-order valence-electron chi connectivity index (χ3n) is 4.80. The minimum absolute atomic E-state index is 0.0660. The Hall–Kier alpha value is -2.20. The summed E-state index contributed by atoms with van der Waals surface area (Å²) in [5, 5.41) is 13.5. The molecule has 1 aromatic heterocycles. The number of carbonyl (C=O) groups excluding carboxylic acids is 1. The van der Waals surface area contributed by atoms with Crippen molar-refractivity contribution in [2.24, 2.45) is 5.41 Å². The number of aliphatic hydroxyl groups is 1. The zero-order valence-electron chi connectivity index (χ0n) is 13.5. The van der Waals surface area contributed by atoms with E-state index in [1.807, 2.05) is 44.2 Å². The minimum Gasteiger partial charge on any atom is -0.382 e. The van der Waals surface area contributed by atoms with Gasteiger partial charge in [-0.2, -0.15) is 0 Å². The number of anilines is 1. The molecule has 23 heavy (non-hydrogen) atoms. The van der Waals surface area contributed by atoms with Crippen LogP contribution in [0.3, 0.4) is 0 Å². The Bertz CT molecular complexity index is 709. The second-order valence-electron chi connectivity index (χ2n) is 6.60. The van der Waals surface area contributed by atoms with Crippen molar-refractivity contribution >= 4 is 11.6 Å². The predicted octanol–water partition coefficient (Wildman–Crippen LogP) is 3.60. The van der Waals surface area contributed by atoms with Gasteiger partial charge in [-0.3, -0.25) is 9.78 Å². The molecule has 0 bridgehead atoms. The van der Waals surface area contributed by atoms with E-state index in [1.165, 1.54) is 0 Å². The minimum atomic E-state index is -0.799. The lowest BCUT2D eigenvalue weighted by molar-refractivity contribution is -0.128.